The van der Waals surface area contributed by atoms with Gasteiger partial charge in [-0.1, -0.05) is 19.8 Å². The smallest absolute Gasteiger partial charge is 0.0900 e. The first-order valence-corrected chi connectivity index (χ1v) is 7.91. The molecule has 0 bridgehead atoms. The van der Waals surface area contributed by atoms with Crippen LogP contribution in [0.5, 0.6) is 0 Å². The molecule has 4 heteroatoms. The summed E-state index contributed by atoms with van der Waals surface area (Å²) in [5.41, 5.74) is 0. The highest BCUT2D eigenvalue weighted by Gasteiger charge is 2.24. The average Bonchev–Trinajstić information content (AvgIpc) is 2.97. The van der Waals surface area contributed by atoms with Gasteiger partial charge >= 0.3 is 0 Å². The van der Waals surface area contributed by atoms with Crippen molar-refractivity contribution >= 4 is 0 Å². The molecule has 2 aliphatic rings. The van der Waals surface area contributed by atoms with Crippen molar-refractivity contribution in [2.45, 2.75) is 63.7 Å². The predicted molar refractivity (Wildman–Crippen MR) is 75.3 cm³/mol. The maximum absolute atomic E-state index is 10.1. The van der Waals surface area contributed by atoms with E-state index in [0.29, 0.717) is 12.6 Å². The van der Waals surface area contributed by atoms with E-state index in [2.05, 4.69) is 11.8 Å². The van der Waals surface area contributed by atoms with Crippen molar-refractivity contribution < 1.29 is 14.6 Å². The number of hydrogen-bond donors (Lipinski definition) is 1. The maximum Gasteiger partial charge on any atom is 0.0900 e. The molecule has 1 aliphatic heterocycles. The van der Waals surface area contributed by atoms with Gasteiger partial charge in [0, 0.05) is 25.8 Å². The molecule has 0 radical (unpaired) electrons. The fourth-order valence-corrected chi connectivity index (χ4v) is 3.22. The molecular formula is C15H29NO3. The molecule has 1 N–H and O–H groups in total. The van der Waals surface area contributed by atoms with Crippen molar-refractivity contribution in [1.82, 2.24) is 4.90 Å². The van der Waals surface area contributed by atoms with Crippen molar-refractivity contribution in [3.8, 4) is 0 Å². The highest BCUT2D eigenvalue weighted by Crippen LogP contribution is 2.23. The molecule has 0 aromatic carbocycles. The summed E-state index contributed by atoms with van der Waals surface area (Å²) in [5.74, 6) is 0. The molecule has 1 saturated carbocycles. The number of aliphatic hydroxyl groups is 1. The molecule has 0 aromatic rings. The number of ether oxygens (including phenoxy) is 2. The normalized spacial score (nSPS) is 24.2. The Hall–Kier alpha value is -0.160. The third-order valence-electron chi connectivity index (χ3n) is 4.39. The Morgan fingerprint density at radius 2 is 1.89 bits per heavy atom. The Morgan fingerprint density at radius 1 is 1.21 bits per heavy atom. The molecule has 0 amide bonds. The highest BCUT2D eigenvalue weighted by molar-refractivity contribution is 4.78. The second-order valence-electron chi connectivity index (χ2n) is 5.82. The molecule has 0 spiro atoms. The number of rotatable bonds is 7. The predicted octanol–water partition coefficient (Wildman–Crippen LogP) is 1.81. The van der Waals surface area contributed by atoms with Crippen LogP contribution in [0.3, 0.4) is 0 Å². The van der Waals surface area contributed by atoms with Gasteiger partial charge in [0.1, 0.15) is 0 Å². The molecule has 1 unspecified atom stereocenters. The Kier molecular flexibility index (Phi) is 6.57. The Labute approximate surface area is 117 Å². The van der Waals surface area contributed by atoms with Crippen LogP contribution in [0.2, 0.25) is 0 Å². The molecule has 0 aromatic heterocycles. The minimum Gasteiger partial charge on any atom is -0.389 e. The minimum absolute atomic E-state index is 0.282. The van der Waals surface area contributed by atoms with Crippen LogP contribution in [0.4, 0.5) is 0 Å². The van der Waals surface area contributed by atoms with Gasteiger partial charge in [-0.15, -0.1) is 0 Å². The Bertz CT molecular complexity index is 238. The van der Waals surface area contributed by atoms with E-state index in [-0.39, 0.29) is 12.2 Å². The van der Waals surface area contributed by atoms with Gasteiger partial charge in [0.15, 0.2) is 0 Å². The summed E-state index contributed by atoms with van der Waals surface area (Å²) in [4.78, 5) is 2.42. The second kappa shape index (κ2) is 8.20. The Balaban J connectivity index is 1.65. The first-order chi connectivity index (χ1) is 9.29. The van der Waals surface area contributed by atoms with Crippen LogP contribution in [0.1, 0.15) is 45.4 Å². The lowest BCUT2D eigenvalue weighted by Crippen LogP contribution is -2.41. The van der Waals surface area contributed by atoms with E-state index in [4.69, 9.17) is 9.47 Å². The summed E-state index contributed by atoms with van der Waals surface area (Å²) in [6.45, 7) is 6.02. The summed E-state index contributed by atoms with van der Waals surface area (Å²) in [6, 6.07) is 0.683. The first kappa shape index (κ1) is 15.2. The van der Waals surface area contributed by atoms with Crippen LogP contribution in [0.25, 0.3) is 0 Å². The summed E-state index contributed by atoms with van der Waals surface area (Å²) in [7, 11) is 0. The Morgan fingerprint density at radius 3 is 2.53 bits per heavy atom. The minimum atomic E-state index is -0.358. The van der Waals surface area contributed by atoms with Gasteiger partial charge in [-0.3, -0.25) is 4.90 Å². The molecular weight excluding hydrogens is 242 g/mol. The standard InChI is InChI=1S/C15H29NO3/c1-2-16(13-5-3-4-6-13)11-14(17)12-19-15-7-9-18-10-8-15/h13-15,17H,2-12H2,1H3. The SMILES string of the molecule is CCN(CC(O)COC1CCOCC1)C1CCCC1. The quantitative estimate of drug-likeness (QED) is 0.767. The van der Waals surface area contributed by atoms with E-state index >= 15 is 0 Å². The third-order valence-corrected chi connectivity index (χ3v) is 4.39. The van der Waals surface area contributed by atoms with Gasteiger partial charge in [0.05, 0.1) is 18.8 Å². The zero-order valence-corrected chi connectivity index (χ0v) is 12.2. The van der Waals surface area contributed by atoms with Crippen molar-refractivity contribution in [3.63, 3.8) is 0 Å². The fourth-order valence-electron chi connectivity index (χ4n) is 3.22. The average molecular weight is 271 g/mol. The van der Waals surface area contributed by atoms with Crippen molar-refractivity contribution in [2.75, 3.05) is 32.9 Å². The van der Waals surface area contributed by atoms with Crippen LogP contribution in [0, 0.1) is 0 Å². The van der Waals surface area contributed by atoms with E-state index in [1.54, 1.807) is 0 Å². The van der Waals surface area contributed by atoms with E-state index in [1.165, 1.54) is 25.7 Å². The van der Waals surface area contributed by atoms with E-state index in [0.717, 1.165) is 39.1 Å². The van der Waals surface area contributed by atoms with Crippen LogP contribution in [0.15, 0.2) is 0 Å². The third kappa shape index (κ3) is 5.03. The van der Waals surface area contributed by atoms with Crippen molar-refractivity contribution in [2.24, 2.45) is 0 Å². The lowest BCUT2D eigenvalue weighted by molar-refractivity contribution is -0.0656. The molecule has 2 rings (SSSR count). The zero-order chi connectivity index (χ0) is 13.5. The van der Waals surface area contributed by atoms with E-state index in [9.17, 15) is 5.11 Å². The second-order valence-corrected chi connectivity index (χ2v) is 5.82. The molecule has 1 heterocycles. The highest BCUT2D eigenvalue weighted by atomic mass is 16.5. The van der Waals surface area contributed by atoms with Gasteiger partial charge in [0.25, 0.3) is 0 Å². The maximum atomic E-state index is 10.1. The zero-order valence-electron chi connectivity index (χ0n) is 12.2. The lowest BCUT2D eigenvalue weighted by Gasteiger charge is -2.30. The summed E-state index contributed by atoms with van der Waals surface area (Å²) in [6.07, 6.45) is 7.13. The number of hydrogen-bond acceptors (Lipinski definition) is 4. The molecule has 1 atom stereocenters. The van der Waals surface area contributed by atoms with Gasteiger partial charge in [0.2, 0.25) is 0 Å². The topological polar surface area (TPSA) is 41.9 Å². The fraction of sp³-hybridized carbons (Fsp3) is 1.00. The molecule has 2 fully saturated rings. The van der Waals surface area contributed by atoms with E-state index < -0.39 is 0 Å². The number of nitrogens with zero attached hydrogens (tertiary/aromatic N) is 1. The molecule has 19 heavy (non-hydrogen) atoms. The summed E-state index contributed by atoms with van der Waals surface area (Å²) >= 11 is 0. The molecule has 1 saturated heterocycles. The van der Waals surface area contributed by atoms with Gasteiger partial charge < -0.3 is 14.6 Å². The monoisotopic (exact) mass is 271 g/mol. The summed E-state index contributed by atoms with van der Waals surface area (Å²) < 4.78 is 11.1. The molecule has 112 valence electrons. The van der Waals surface area contributed by atoms with Crippen molar-refractivity contribution in [3.05, 3.63) is 0 Å². The lowest BCUT2D eigenvalue weighted by atomic mass is 10.1. The number of aliphatic hydroxyl groups excluding tert-OH is 1. The van der Waals surface area contributed by atoms with Crippen LogP contribution < -0.4 is 0 Å². The molecule has 4 nitrogen and oxygen atoms in total. The molecule has 1 aliphatic carbocycles. The van der Waals surface area contributed by atoms with Gasteiger partial charge in [-0.2, -0.15) is 0 Å². The van der Waals surface area contributed by atoms with E-state index in [1.807, 2.05) is 0 Å². The van der Waals surface area contributed by atoms with Gasteiger partial charge in [-0.05, 0) is 32.2 Å². The number of likely N-dealkylation sites (N-methyl/N-ethyl adjacent to an activating group) is 1. The summed E-state index contributed by atoms with van der Waals surface area (Å²) in [5, 5.41) is 10.1. The largest absolute Gasteiger partial charge is 0.389 e. The van der Waals surface area contributed by atoms with Crippen LogP contribution in [-0.4, -0.2) is 61.2 Å². The van der Waals surface area contributed by atoms with Crippen LogP contribution in [-0.2, 0) is 9.47 Å². The van der Waals surface area contributed by atoms with Crippen LogP contribution >= 0.6 is 0 Å². The first-order valence-electron chi connectivity index (χ1n) is 7.91. The van der Waals surface area contributed by atoms with Gasteiger partial charge in [-0.25, -0.2) is 0 Å². The van der Waals surface area contributed by atoms with Crippen molar-refractivity contribution in [1.29, 1.82) is 0 Å².